The van der Waals surface area contributed by atoms with Crippen molar-refractivity contribution in [3.8, 4) is 0 Å². The van der Waals surface area contributed by atoms with E-state index in [0.29, 0.717) is 6.54 Å². The highest BCUT2D eigenvalue weighted by Crippen LogP contribution is 2.31. The van der Waals surface area contributed by atoms with Crippen LogP contribution in [0.1, 0.15) is 38.3 Å². The maximum Gasteiger partial charge on any atom is 0.229 e. The first-order valence-electron chi connectivity index (χ1n) is 10.5. The van der Waals surface area contributed by atoms with Gasteiger partial charge in [0.05, 0.1) is 5.92 Å². The van der Waals surface area contributed by atoms with Gasteiger partial charge in [-0.25, -0.2) is 0 Å². The molecule has 1 aliphatic heterocycles. The molecule has 0 bridgehead atoms. The average Bonchev–Trinajstić information content (AvgIpc) is 3.11. The lowest BCUT2D eigenvalue weighted by molar-refractivity contribution is -0.122. The Morgan fingerprint density at radius 3 is 2.38 bits per heavy atom. The minimum absolute atomic E-state index is 0.00479. The quantitative estimate of drug-likeness (QED) is 0.759. The fraction of sp³-hybridized carbons (Fsp3) is 0.417. The smallest absolute Gasteiger partial charge is 0.229 e. The van der Waals surface area contributed by atoms with Crippen LogP contribution in [0, 0.1) is 12.8 Å². The molecule has 1 saturated heterocycles. The van der Waals surface area contributed by atoms with Gasteiger partial charge in [-0.1, -0.05) is 19.1 Å². The van der Waals surface area contributed by atoms with Crippen molar-refractivity contribution in [3.63, 3.8) is 0 Å². The van der Waals surface area contributed by atoms with Gasteiger partial charge in [0.1, 0.15) is 0 Å². The van der Waals surface area contributed by atoms with E-state index in [-0.39, 0.29) is 24.2 Å². The minimum atomic E-state index is -0.338. The summed E-state index contributed by atoms with van der Waals surface area (Å²) in [5.41, 5.74) is 5.12. The van der Waals surface area contributed by atoms with Gasteiger partial charge in [0.15, 0.2) is 0 Å². The molecule has 3 rings (SSSR count). The van der Waals surface area contributed by atoms with Crippen LogP contribution in [-0.2, 0) is 16.0 Å². The number of nitrogens with one attached hydrogen (secondary N) is 1. The van der Waals surface area contributed by atoms with Gasteiger partial charge in [-0.15, -0.1) is 0 Å². The Labute approximate surface area is 173 Å². The second kappa shape index (κ2) is 9.12. The van der Waals surface area contributed by atoms with Crippen LogP contribution >= 0.6 is 0 Å². The second-order valence-corrected chi connectivity index (χ2v) is 7.59. The summed E-state index contributed by atoms with van der Waals surface area (Å²) in [5.74, 6) is -0.428. The Kier molecular flexibility index (Phi) is 6.57. The Morgan fingerprint density at radius 2 is 1.79 bits per heavy atom. The zero-order valence-electron chi connectivity index (χ0n) is 17.9. The van der Waals surface area contributed by atoms with Gasteiger partial charge >= 0.3 is 0 Å². The summed E-state index contributed by atoms with van der Waals surface area (Å²) in [4.78, 5) is 29.4. The normalized spacial score (nSPS) is 16.2. The van der Waals surface area contributed by atoms with Crippen LogP contribution in [0.5, 0.6) is 0 Å². The molecule has 0 radical (unpaired) electrons. The summed E-state index contributed by atoms with van der Waals surface area (Å²) >= 11 is 0. The van der Waals surface area contributed by atoms with Crippen LogP contribution in [0.15, 0.2) is 42.5 Å². The summed E-state index contributed by atoms with van der Waals surface area (Å²) < 4.78 is 0. The third-order valence-electron chi connectivity index (χ3n) is 5.73. The summed E-state index contributed by atoms with van der Waals surface area (Å²) in [6.45, 7) is 10.7. The molecular formula is C24H31N3O2. The number of aryl methyl sites for hydroxylation is 2. The topological polar surface area (TPSA) is 52.7 Å². The van der Waals surface area contributed by atoms with Gasteiger partial charge in [-0.05, 0) is 68.7 Å². The maximum atomic E-state index is 12.7. The number of hydrogen-bond donors (Lipinski definition) is 1. The minimum Gasteiger partial charge on any atom is -0.372 e. The Morgan fingerprint density at radius 1 is 1.10 bits per heavy atom. The van der Waals surface area contributed by atoms with Crippen LogP contribution in [0.4, 0.5) is 17.1 Å². The molecule has 1 aliphatic rings. The molecule has 5 heteroatoms. The molecule has 1 atom stereocenters. The maximum absolute atomic E-state index is 12.7. The van der Waals surface area contributed by atoms with Gasteiger partial charge in [0.25, 0.3) is 0 Å². The number of carbonyl (C=O) groups is 2. The van der Waals surface area contributed by atoms with Gasteiger partial charge < -0.3 is 15.1 Å². The molecule has 0 saturated carbocycles. The summed E-state index contributed by atoms with van der Waals surface area (Å²) in [6, 6.07) is 14.1. The zero-order chi connectivity index (χ0) is 21.0. The first kappa shape index (κ1) is 20.9. The molecular weight excluding hydrogens is 362 g/mol. The van der Waals surface area contributed by atoms with E-state index in [1.807, 2.05) is 37.3 Å². The molecule has 154 valence electrons. The first-order valence-corrected chi connectivity index (χ1v) is 10.5. The number of carbonyl (C=O) groups excluding carboxylic acids is 2. The molecule has 0 aromatic heterocycles. The highest BCUT2D eigenvalue weighted by molar-refractivity contribution is 6.04. The van der Waals surface area contributed by atoms with Crippen LogP contribution in [0.3, 0.4) is 0 Å². The van der Waals surface area contributed by atoms with Gasteiger partial charge in [0, 0.05) is 43.1 Å². The molecule has 2 aromatic rings. The van der Waals surface area contributed by atoms with E-state index in [1.54, 1.807) is 4.90 Å². The fourth-order valence-corrected chi connectivity index (χ4v) is 3.91. The van der Waals surface area contributed by atoms with E-state index >= 15 is 0 Å². The van der Waals surface area contributed by atoms with Crippen LogP contribution < -0.4 is 15.1 Å². The number of hydrogen-bond acceptors (Lipinski definition) is 3. The highest BCUT2D eigenvalue weighted by Gasteiger charge is 2.35. The average molecular weight is 394 g/mol. The highest BCUT2D eigenvalue weighted by atomic mass is 16.2. The molecule has 1 N–H and O–H groups in total. The lowest BCUT2D eigenvalue weighted by Crippen LogP contribution is -2.29. The Balaban J connectivity index is 1.70. The standard InChI is InChI=1S/C24H31N3O2/c1-5-18-8-10-20(11-9-18)25-24(29)19-15-23(28)27(16-19)22-13-12-21(14-17(22)4)26(6-2)7-3/h8-14,19H,5-7,15-16H2,1-4H3,(H,25,29). The summed E-state index contributed by atoms with van der Waals surface area (Å²) in [5, 5.41) is 2.96. The van der Waals surface area contributed by atoms with Crippen molar-refractivity contribution in [1.82, 2.24) is 0 Å². The van der Waals surface area contributed by atoms with E-state index in [0.717, 1.165) is 42.1 Å². The van der Waals surface area contributed by atoms with Crippen molar-refractivity contribution < 1.29 is 9.59 Å². The third-order valence-corrected chi connectivity index (χ3v) is 5.73. The second-order valence-electron chi connectivity index (χ2n) is 7.59. The molecule has 29 heavy (non-hydrogen) atoms. The predicted molar refractivity (Wildman–Crippen MR) is 120 cm³/mol. The molecule has 0 aliphatic carbocycles. The third kappa shape index (κ3) is 4.61. The lowest BCUT2D eigenvalue weighted by atomic mass is 10.1. The number of anilines is 3. The summed E-state index contributed by atoms with van der Waals surface area (Å²) in [7, 11) is 0. The Bertz CT molecular complexity index is 872. The predicted octanol–water partition coefficient (Wildman–Crippen LogP) is 4.40. The van der Waals surface area contributed by atoms with Crippen molar-refractivity contribution in [2.24, 2.45) is 5.92 Å². The SMILES string of the molecule is CCc1ccc(NC(=O)C2CC(=O)N(c3ccc(N(CC)CC)cc3C)C2)cc1. The van der Waals surface area contributed by atoms with Crippen molar-refractivity contribution in [1.29, 1.82) is 0 Å². The number of rotatable bonds is 7. The molecule has 1 fully saturated rings. The van der Waals surface area contributed by atoms with Gasteiger partial charge in [-0.2, -0.15) is 0 Å². The van der Waals surface area contributed by atoms with Crippen LogP contribution in [0.2, 0.25) is 0 Å². The monoisotopic (exact) mass is 393 g/mol. The lowest BCUT2D eigenvalue weighted by Gasteiger charge is -2.24. The van der Waals surface area contributed by atoms with E-state index in [9.17, 15) is 9.59 Å². The molecule has 2 aromatic carbocycles. The molecule has 5 nitrogen and oxygen atoms in total. The molecule has 1 heterocycles. The first-order chi connectivity index (χ1) is 14.0. The Hall–Kier alpha value is -2.82. The van der Waals surface area contributed by atoms with Crippen LogP contribution in [-0.4, -0.2) is 31.4 Å². The number of benzene rings is 2. The van der Waals surface area contributed by atoms with E-state index in [4.69, 9.17) is 0 Å². The van der Waals surface area contributed by atoms with E-state index < -0.39 is 0 Å². The van der Waals surface area contributed by atoms with E-state index in [1.165, 1.54) is 5.56 Å². The molecule has 1 unspecified atom stereocenters. The van der Waals surface area contributed by atoms with Crippen molar-refractivity contribution in [2.75, 3.05) is 34.8 Å². The number of nitrogens with zero attached hydrogens (tertiary/aromatic N) is 2. The van der Waals surface area contributed by atoms with E-state index in [2.05, 4.69) is 43.1 Å². The fourth-order valence-electron chi connectivity index (χ4n) is 3.91. The van der Waals surface area contributed by atoms with Crippen molar-refractivity contribution in [2.45, 2.75) is 40.5 Å². The zero-order valence-corrected chi connectivity index (χ0v) is 17.9. The van der Waals surface area contributed by atoms with Crippen molar-refractivity contribution >= 4 is 28.9 Å². The van der Waals surface area contributed by atoms with Crippen molar-refractivity contribution in [3.05, 3.63) is 53.6 Å². The van der Waals surface area contributed by atoms with Crippen LogP contribution in [0.25, 0.3) is 0 Å². The van der Waals surface area contributed by atoms with Gasteiger partial charge in [0.2, 0.25) is 11.8 Å². The number of amides is 2. The summed E-state index contributed by atoms with van der Waals surface area (Å²) in [6.07, 6.45) is 1.21. The van der Waals surface area contributed by atoms with Gasteiger partial charge in [-0.3, -0.25) is 9.59 Å². The largest absolute Gasteiger partial charge is 0.372 e. The molecule has 0 spiro atoms. The molecule has 2 amide bonds.